The van der Waals surface area contributed by atoms with E-state index in [1.807, 2.05) is 0 Å². The predicted molar refractivity (Wildman–Crippen MR) is 158 cm³/mol. The molecule has 0 saturated carbocycles. The van der Waals surface area contributed by atoms with Crippen LogP contribution in [0.15, 0.2) is 42.5 Å². The Morgan fingerprint density at radius 1 is 1.12 bits per heavy atom. The largest absolute Gasteiger partial charge is 0.439 e. The van der Waals surface area contributed by atoms with E-state index in [0.717, 1.165) is 18.2 Å². The van der Waals surface area contributed by atoms with E-state index in [2.05, 4.69) is 28.3 Å². The zero-order valence-corrected chi connectivity index (χ0v) is 24.7. The van der Waals surface area contributed by atoms with E-state index in [4.69, 9.17) is 15.5 Å². The highest BCUT2D eigenvalue weighted by atomic mass is 19.1. The lowest BCUT2D eigenvalue weighted by Crippen LogP contribution is -2.41. The van der Waals surface area contributed by atoms with Gasteiger partial charge in [0.2, 0.25) is 0 Å². The van der Waals surface area contributed by atoms with Gasteiger partial charge >= 0.3 is 6.09 Å². The summed E-state index contributed by atoms with van der Waals surface area (Å²) in [5, 5.41) is 27.4. The Hall–Kier alpha value is -5.00. The number of carbonyl (C=O) groups is 1. The molecule has 43 heavy (non-hydrogen) atoms. The van der Waals surface area contributed by atoms with Gasteiger partial charge in [0.15, 0.2) is 11.9 Å². The summed E-state index contributed by atoms with van der Waals surface area (Å²) in [5.74, 6) is 4.13. The number of halogens is 2. The number of ether oxygens (including phenoxy) is 1. The third-order valence-electron chi connectivity index (χ3n) is 6.22. The minimum atomic E-state index is -1.31. The summed E-state index contributed by atoms with van der Waals surface area (Å²) >= 11 is 0. The van der Waals surface area contributed by atoms with Gasteiger partial charge in [0.25, 0.3) is 0 Å². The zero-order chi connectivity index (χ0) is 31.7. The fourth-order valence-electron chi connectivity index (χ4n) is 4.60. The standard InChI is InChI=1S/C32H32F2N6O3/c1-31(2,3)38-30(41)43-25(15-18-13-20(33)16-21(34)14-18)27-23(10-8-22(37-27)11-12-32(4,5)42)24-9-7-19(17-35)26-28(24)40(6)39-29(26)36/h7-10,13-14,16,25,42H,15H2,1-6H3,(H2,36,39)(H,38,41)/t25-/m0/s1. The molecule has 222 valence electrons. The van der Waals surface area contributed by atoms with Crippen LogP contribution in [0, 0.1) is 34.8 Å². The number of nitrogens with two attached hydrogens (primary N) is 1. The number of anilines is 1. The summed E-state index contributed by atoms with van der Waals surface area (Å²) in [5.41, 5.74) is 6.82. The number of nitrogen functional groups attached to an aromatic ring is 1. The Labute approximate surface area is 248 Å². The van der Waals surface area contributed by atoms with Crippen molar-refractivity contribution in [3.8, 4) is 29.0 Å². The van der Waals surface area contributed by atoms with Crippen LogP contribution in [0.5, 0.6) is 0 Å². The quantitative estimate of drug-likeness (QED) is 0.270. The summed E-state index contributed by atoms with van der Waals surface area (Å²) in [6.45, 7) is 8.39. The normalized spacial score (nSPS) is 12.3. The number of aryl methyl sites for hydroxylation is 1. The van der Waals surface area contributed by atoms with Crippen LogP contribution in [-0.4, -0.2) is 37.1 Å². The average molecular weight is 587 g/mol. The zero-order valence-electron chi connectivity index (χ0n) is 24.7. The molecule has 2 aromatic heterocycles. The van der Waals surface area contributed by atoms with Gasteiger partial charge in [-0.15, -0.1) is 0 Å². The fourth-order valence-corrected chi connectivity index (χ4v) is 4.60. The van der Waals surface area contributed by atoms with Gasteiger partial charge in [0.1, 0.15) is 22.9 Å². The number of hydrogen-bond acceptors (Lipinski definition) is 7. The molecule has 0 bridgehead atoms. The molecule has 4 N–H and O–H groups in total. The molecule has 2 heterocycles. The van der Waals surface area contributed by atoms with Crippen molar-refractivity contribution in [2.75, 3.05) is 5.73 Å². The molecule has 2 aromatic carbocycles. The highest BCUT2D eigenvalue weighted by Gasteiger charge is 2.28. The summed E-state index contributed by atoms with van der Waals surface area (Å²) < 4.78 is 35.9. The monoisotopic (exact) mass is 586 g/mol. The van der Waals surface area contributed by atoms with Gasteiger partial charge in [-0.2, -0.15) is 10.4 Å². The number of benzene rings is 2. The number of amides is 1. The number of nitrogens with zero attached hydrogens (tertiary/aromatic N) is 4. The predicted octanol–water partition coefficient (Wildman–Crippen LogP) is 5.30. The van der Waals surface area contributed by atoms with Crippen LogP contribution in [0.3, 0.4) is 0 Å². The number of nitrogens with one attached hydrogen (secondary N) is 1. The van der Waals surface area contributed by atoms with Crippen molar-refractivity contribution in [3.63, 3.8) is 0 Å². The van der Waals surface area contributed by atoms with Gasteiger partial charge in [-0.25, -0.2) is 18.6 Å². The van der Waals surface area contributed by atoms with Gasteiger partial charge in [-0.3, -0.25) is 4.68 Å². The van der Waals surface area contributed by atoms with Crippen molar-refractivity contribution >= 4 is 22.8 Å². The van der Waals surface area contributed by atoms with Crippen molar-refractivity contribution in [1.29, 1.82) is 5.26 Å². The van der Waals surface area contributed by atoms with Gasteiger partial charge in [0, 0.05) is 36.2 Å². The van der Waals surface area contributed by atoms with Gasteiger partial charge < -0.3 is 20.9 Å². The average Bonchev–Trinajstić information content (AvgIpc) is 3.18. The topological polar surface area (TPSA) is 139 Å². The number of aromatic nitrogens is 3. The highest BCUT2D eigenvalue weighted by molar-refractivity contribution is 6.03. The van der Waals surface area contributed by atoms with Gasteiger partial charge in [-0.05, 0) is 76.4 Å². The molecule has 0 unspecified atom stereocenters. The third kappa shape index (κ3) is 7.45. The summed E-state index contributed by atoms with van der Waals surface area (Å²) in [7, 11) is 1.68. The Kier molecular flexibility index (Phi) is 8.43. The molecule has 0 fully saturated rings. The molecule has 0 aliphatic rings. The summed E-state index contributed by atoms with van der Waals surface area (Å²) in [6.07, 6.45) is -2.06. The van der Waals surface area contributed by atoms with Gasteiger partial charge in [-0.1, -0.05) is 12.0 Å². The highest BCUT2D eigenvalue weighted by Crippen LogP contribution is 2.38. The second-order valence-corrected chi connectivity index (χ2v) is 11.7. The van der Waals surface area contributed by atoms with Crippen molar-refractivity contribution in [2.45, 2.75) is 58.3 Å². The molecular weight excluding hydrogens is 554 g/mol. The summed E-state index contributed by atoms with van der Waals surface area (Å²) in [6, 6.07) is 11.8. The van der Waals surface area contributed by atoms with Crippen LogP contribution in [0.1, 0.15) is 63.2 Å². The molecule has 4 aromatic rings. The van der Waals surface area contributed by atoms with Crippen molar-refractivity contribution in [3.05, 3.63) is 76.6 Å². The molecule has 0 radical (unpaired) electrons. The van der Waals surface area contributed by atoms with Crippen LogP contribution in [0.25, 0.3) is 22.0 Å². The first-order valence-electron chi connectivity index (χ1n) is 13.4. The second kappa shape index (κ2) is 11.7. The van der Waals surface area contributed by atoms with E-state index >= 15 is 0 Å². The summed E-state index contributed by atoms with van der Waals surface area (Å²) in [4.78, 5) is 17.8. The second-order valence-electron chi connectivity index (χ2n) is 11.7. The van der Waals surface area contributed by atoms with E-state index in [9.17, 15) is 23.9 Å². The molecule has 0 spiro atoms. The minimum Gasteiger partial charge on any atom is -0.439 e. The van der Waals surface area contributed by atoms with E-state index < -0.39 is 35.0 Å². The molecule has 4 rings (SSSR count). The number of fused-ring (bicyclic) bond motifs is 1. The lowest BCUT2D eigenvalue weighted by atomic mass is 9.94. The molecule has 11 heteroatoms. The Morgan fingerprint density at radius 2 is 1.77 bits per heavy atom. The van der Waals surface area contributed by atoms with Crippen molar-refractivity contribution in [2.24, 2.45) is 7.05 Å². The van der Waals surface area contributed by atoms with E-state index in [1.54, 1.807) is 52.1 Å². The minimum absolute atomic E-state index is 0.137. The van der Waals surface area contributed by atoms with Crippen molar-refractivity contribution in [1.82, 2.24) is 20.1 Å². The number of carbonyl (C=O) groups excluding carboxylic acids is 1. The molecule has 0 aliphatic carbocycles. The lowest BCUT2D eigenvalue weighted by Gasteiger charge is -2.25. The van der Waals surface area contributed by atoms with E-state index in [-0.39, 0.29) is 29.2 Å². The lowest BCUT2D eigenvalue weighted by molar-refractivity contribution is 0.0891. The van der Waals surface area contributed by atoms with Crippen LogP contribution >= 0.6 is 0 Å². The maximum absolute atomic E-state index is 14.2. The fraction of sp³-hybridized carbons (Fsp3) is 0.312. The van der Waals surface area contributed by atoms with E-state index in [0.29, 0.717) is 27.6 Å². The molecular formula is C32H32F2N6O3. The molecule has 0 aliphatic heterocycles. The third-order valence-corrected chi connectivity index (χ3v) is 6.22. The maximum atomic E-state index is 14.2. The number of pyridine rings is 1. The number of aliphatic hydroxyl groups is 1. The molecule has 1 amide bonds. The first kappa shape index (κ1) is 30.9. The number of hydrogen-bond donors (Lipinski definition) is 3. The molecule has 1 atom stereocenters. The molecule has 0 saturated heterocycles. The SMILES string of the molecule is Cn1nc(N)c2c(C#N)ccc(-c3ccc(C#CC(C)(C)O)nc3[C@H](Cc3cc(F)cc(F)c3)OC(=O)NC(C)(C)C)c21. The van der Waals surface area contributed by atoms with Crippen LogP contribution in [0.4, 0.5) is 19.4 Å². The Morgan fingerprint density at radius 3 is 2.37 bits per heavy atom. The first-order chi connectivity index (χ1) is 20.0. The first-order valence-corrected chi connectivity index (χ1v) is 13.4. The number of alkyl carbamates (subject to hydrolysis) is 1. The molecule has 9 nitrogen and oxygen atoms in total. The van der Waals surface area contributed by atoms with E-state index in [1.165, 1.54) is 18.5 Å². The number of nitriles is 1. The van der Waals surface area contributed by atoms with Crippen LogP contribution < -0.4 is 11.1 Å². The smallest absolute Gasteiger partial charge is 0.408 e. The Bertz CT molecular complexity index is 1800. The van der Waals surface area contributed by atoms with Crippen molar-refractivity contribution < 1.29 is 23.4 Å². The number of rotatable bonds is 5. The van der Waals surface area contributed by atoms with Crippen LogP contribution in [-0.2, 0) is 18.2 Å². The Balaban J connectivity index is 2.00. The van der Waals surface area contributed by atoms with Crippen LogP contribution in [0.2, 0.25) is 0 Å². The van der Waals surface area contributed by atoms with Gasteiger partial charge in [0.05, 0.1) is 28.2 Å². The maximum Gasteiger partial charge on any atom is 0.408 e.